The number of thiophene rings is 1. The first kappa shape index (κ1) is 20.5. The van der Waals surface area contributed by atoms with Crippen molar-refractivity contribution in [3.8, 4) is 0 Å². The fourth-order valence-corrected chi connectivity index (χ4v) is 9.25. The van der Waals surface area contributed by atoms with E-state index < -0.39 is 21.5 Å². The molecule has 1 aliphatic heterocycles. The molecule has 7 nitrogen and oxygen atoms in total. The number of carbonyl (C=O) groups excluding carboxylic acids is 2. The molecule has 3 unspecified atom stereocenters. The maximum Gasteiger partial charge on any atom is 0.309 e. The molecule has 1 saturated heterocycles. The molecule has 164 valence electrons. The van der Waals surface area contributed by atoms with Gasteiger partial charge in [-0.05, 0) is 74.1 Å². The van der Waals surface area contributed by atoms with Crippen molar-refractivity contribution in [1.82, 2.24) is 4.31 Å². The van der Waals surface area contributed by atoms with Gasteiger partial charge in [0.2, 0.25) is 5.91 Å². The van der Waals surface area contributed by atoms with E-state index in [0.717, 1.165) is 25.7 Å². The standard InChI is InChI=1S/C21H28N2O5S2/c22-20(25)21-11-13-8-14(12-21)10-16(9-13)18(21)28-19(24)15-3-5-23(6-4-15)30(26,27)17-2-1-7-29-17/h1-2,7,13-16,18H,3-6,8-12H2,(H2,22,25). The van der Waals surface area contributed by atoms with Gasteiger partial charge in [0.25, 0.3) is 10.0 Å². The summed E-state index contributed by atoms with van der Waals surface area (Å²) in [4.78, 5) is 25.4. The van der Waals surface area contributed by atoms with Crippen molar-refractivity contribution in [3.63, 3.8) is 0 Å². The molecule has 1 aromatic heterocycles. The third-order valence-corrected chi connectivity index (χ3v) is 11.1. The topological polar surface area (TPSA) is 107 Å². The van der Waals surface area contributed by atoms with Crippen LogP contribution in [0.4, 0.5) is 0 Å². The van der Waals surface area contributed by atoms with E-state index in [-0.39, 0.29) is 23.7 Å². The molecular formula is C21H28N2O5S2. The van der Waals surface area contributed by atoms with E-state index in [4.69, 9.17) is 10.5 Å². The molecule has 30 heavy (non-hydrogen) atoms. The number of piperidine rings is 1. The van der Waals surface area contributed by atoms with Crippen LogP contribution in [0.1, 0.15) is 44.9 Å². The highest BCUT2D eigenvalue weighted by Gasteiger charge is 2.62. The number of hydrogen-bond donors (Lipinski definition) is 1. The Labute approximate surface area is 181 Å². The molecule has 1 aromatic rings. The van der Waals surface area contributed by atoms with Gasteiger partial charge in [0, 0.05) is 13.1 Å². The molecule has 9 heteroatoms. The maximum absolute atomic E-state index is 13.0. The quantitative estimate of drug-likeness (QED) is 0.690. The molecule has 4 saturated carbocycles. The Morgan fingerprint density at radius 3 is 2.37 bits per heavy atom. The van der Waals surface area contributed by atoms with Crippen molar-refractivity contribution < 1.29 is 22.7 Å². The smallest absolute Gasteiger partial charge is 0.309 e. The number of amides is 1. The molecule has 4 bridgehead atoms. The lowest BCUT2D eigenvalue weighted by Crippen LogP contribution is -2.62. The van der Waals surface area contributed by atoms with Crippen molar-refractivity contribution in [1.29, 1.82) is 0 Å². The molecule has 4 aliphatic carbocycles. The molecule has 2 heterocycles. The third kappa shape index (κ3) is 3.20. The van der Waals surface area contributed by atoms with Crippen LogP contribution in [0.15, 0.2) is 21.7 Å². The van der Waals surface area contributed by atoms with Gasteiger partial charge in [-0.3, -0.25) is 9.59 Å². The summed E-state index contributed by atoms with van der Waals surface area (Å²) in [6, 6.07) is 3.33. The summed E-state index contributed by atoms with van der Waals surface area (Å²) in [5.74, 6) is 0.331. The number of nitrogens with two attached hydrogens (primary N) is 1. The van der Waals surface area contributed by atoms with Gasteiger partial charge >= 0.3 is 5.97 Å². The maximum atomic E-state index is 13.0. The fourth-order valence-electron chi connectivity index (χ4n) is 6.64. The Balaban J connectivity index is 1.25. The van der Waals surface area contributed by atoms with Crippen LogP contribution in [0.2, 0.25) is 0 Å². The van der Waals surface area contributed by atoms with Crippen molar-refractivity contribution in [2.75, 3.05) is 13.1 Å². The Kier molecular flexibility index (Phi) is 4.98. The summed E-state index contributed by atoms with van der Waals surface area (Å²) >= 11 is 1.20. The lowest BCUT2D eigenvalue weighted by Gasteiger charge is -2.58. The molecule has 0 radical (unpaired) electrons. The summed E-state index contributed by atoms with van der Waals surface area (Å²) in [7, 11) is -3.49. The molecule has 5 aliphatic rings. The second kappa shape index (κ2) is 7.31. The van der Waals surface area contributed by atoms with Gasteiger partial charge in [-0.1, -0.05) is 6.07 Å². The second-order valence-corrected chi connectivity index (χ2v) is 12.7. The number of hydrogen-bond acceptors (Lipinski definition) is 6. The average Bonchev–Trinajstić information content (AvgIpc) is 3.26. The first-order valence-electron chi connectivity index (χ1n) is 10.8. The van der Waals surface area contributed by atoms with Gasteiger partial charge in [-0.25, -0.2) is 8.42 Å². The second-order valence-electron chi connectivity index (χ2n) is 9.60. The molecule has 2 N–H and O–H groups in total. The minimum absolute atomic E-state index is 0.229. The number of rotatable bonds is 5. The predicted octanol–water partition coefficient (Wildman–Crippen LogP) is 2.37. The SMILES string of the molecule is NC(=O)C12CC3CC(CC(C3)C1OC(=O)C1CCN(S(=O)(=O)c3cccs3)CC1)C2. The Bertz CT molecular complexity index is 923. The zero-order valence-corrected chi connectivity index (χ0v) is 18.5. The van der Waals surface area contributed by atoms with Gasteiger partial charge in [0.05, 0.1) is 11.3 Å². The lowest BCUT2D eigenvalue weighted by atomic mass is 9.48. The molecule has 0 spiro atoms. The summed E-state index contributed by atoms with van der Waals surface area (Å²) in [5.41, 5.74) is 5.15. The van der Waals surface area contributed by atoms with Gasteiger partial charge in [0.1, 0.15) is 10.3 Å². The first-order valence-corrected chi connectivity index (χ1v) is 13.2. The molecule has 3 atom stereocenters. The molecular weight excluding hydrogens is 424 g/mol. The highest BCUT2D eigenvalue weighted by Crippen LogP contribution is 2.61. The number of nitrogens with zero attached hydrogens (tertiary/aromatic N) is 1. The Hall–Kier alpha value is -1.45. The van der Waals surface area contributed by atoms with Crippen molar-refractivity contribution >= 4 is 33.2 Å². The minimum atomic E-state index is -3.49. The summed E-state index contributed by atoms with van der Waals surface area (Å²) in [6.45, 7) is 0.610. The Morgan fingerprint density at radius 2 is 1.80 bits per heavy atom. The van der Waals surface area contributed by atoms with Gasteiger partial charge in [-0.15, -0.1) is 11.3 Å². The fraction of sp³-hybridized carbons (Fsp3) is 0.714. The van der Waals surface area contributed by atoms with Crippen molar-refractivity contribution in [2.24, 2.45) is 34.8 Å². The number of sulfonamides is 1. The van der Waals surface area contributed by atoms with E-state index in [9.17, 15) is 18.0 Å². The average molecular weight is 453 g/mol. The summed E-state index contributed by atoms with van der Waals surface area (Å²) in [6.07, 6.45) is 5.15. The third-order valence-electron chi connectivity index (χ3n) is 7.83. The molecule has 0 aromatic carbocycles. The van der Waals surface area contributed by atoms with Crippen LogP contribution in [0.3, 0.4) is 0 Å². The van der Waals surface area contributed by atoms with Gasteiger partial charge < -0.3 is 10.5 Å². The summed E-state index contributed by atoms with van der Waals surface area (Å²) < 4.78 is 33.2. The summed E-state index contributed by atoms with van der Waals surface area (Å²) in [5, 5.41) is 1.75. The van der Waals surface area contributed by atoms with E-state index in [0.29, 0.717) is 42.0 Å². The van der Waals surface area contributed by atoms with Crippen LogP contribution in [0, 0.1) is 29.1 Å². The number of ether oxygens (including phenoxy) is 1. The lowest BCUT2D eigenvalue weighted by molar-refractivity contribution is -0.199. The molecule has 1 amide bonds. The number of primary amides is 1. The van der Waals surface area contributed by atoms with E-state index >= 15 is 0 Å². The Morgan fingerprint density at radius 1 is 1.13 bits per heavy atom. The highest BCUT2D eigenvalue weighted by atomic mass is 32.2. The van der Waals surface area contributed by atoms with E-state index in [1.54, 1.807) is 17.5 Å². The van der Waals surface area contributed by atoms with E-state index in [2.05, 4.69) is 0 Å². The van der Waals surface area contributed by atoms with Crippen LogP contribution in [0.5, 0.6) is 0 Å². The van der Waals surface area contributed by atoms with Crippen LogP contribution in [0.25, 0.3) is 0 Å². The van der Waals surface area contributed by atoms with Crippen molar-refractivity contribution in [3.05, 3.63) is 17.5 Å². The molecule has 5 fully saturated rings. The first-order chi connectivity index (χ1) is 14.3. The minimum Gasteiger partial charge on any atom is -0.461 e. The van der Waals surface area contributed by atoms with Crippen LogP contribution in [-0.4, -0.2) is 43.8 Å². The largest absolute Gasteiger partial charge is 0.461 e. The zero-order chi connectivity index (χ0) is 21.1. The molecule has 6 rings (SSSR count). The van der Waals surface area contributed by atoms with Crippen LogP contribution >= 0.6 is 11.3 Å². The normalized spacial score (nSPS) is 36.7. The highest BCUT2D eigenvalue weighted by molar-refractivity contribution is 7.91. The number of esters is 1. The van der Waals surface area contributed by atoms with E-state index in [1.165, 1.54) is 22.1 Å². The van der Waals surface area contributed by atoms with Crippen LogP contribution < -0.4 is 5.73 Å². The predicted molar refractivity (Wildman–Crippen MR) is 111 cm³/mol. The van der Waals surface area contributed by atoms with Gasteiger partial charge in [-0.2, -0.15) is 4.31 Å². The van der Waals surface area contributed by atoms with Gasteiger partial charge in [0.15, 0.2) is 0 Å². The van der Waals surface area contributed by atoms with Crippen molar-refractivity contribution in [2.45, 2.75) is 55.3 Å². The van der Waals surface area contributed by atoms with Crippen LogP contribution in [-0.2, 0) is 24.3 Å². The monoisotopic (exact) mass is 452 g/mol. The van der Waals surface area contributed by atoms with E-state index in [1.807, 2.05) is 0 Å². The zero-order valence-electron chi connectivity index (χ0n) is 16.9. The number of carbonyl (C=O) groups is 2.